The smallest absolute Gasteiger partial charge is 0.343 e. The maximum atomic E-state index is 12.2. The minimum absolute atomic E-state index is 0.0598. The van der Waals surface area contributed by atoms with Crippen molar-refractivity contribution >= 4 is 23.5 Å². The van der Waals surface area contributed by atoms with Gasteiger partial charge in [-0.1, -0.05) is 6.07 Å². The van der Waals surface area contributed by atoms with Crippen LogP contribution in [0.3, 0.4) is 0 Å². The number of amides is 4. The summed E-state index contributed by atoms with van der Waals surface area (Å²) in [6.07, 6.45) is -4.52. The molecule has 1 fully saturated rings. The van der Waals surface area contributed by atoms with Crippen LogP contribution in [0.15, 0.2) is 18.2 Å². The number of nitrogens with zero attached hydrogens (tertiary/aromatic N) is 2. The number of rotatable bonds is 4. The molecule has 0 radical (unpaired) electrons. The van der Waals surface area contributed by atoms with Crippen molar-refractivity contribution in [1.29, 1.82) is 0 Å². The number of aryl methyl sites for hydroxylation is 1. The normalized spacial score (nSPS) is 15.2. The molecule has 0 saturated carbocycles. The fourth-order valence-electron chi connectivity index (χ4n) is 2.31. The molecule has 6 nitrogen and oxygen atoms in total. The molecule has 0 atom stereocenters. The van der Waals surface area contributed by atoms with Crippen molar-refractivity contribution in [3.63, 3.8) is 0 Å². The summed E-state index contributed by atoms with van der Waals surface area (Å²) in [7, 11) is 0. The van der Waals surface area contributed by atoms with E-state index in [9.17, 15) is 27.6 Å². The Kier molecular flexibility index (Phi) is 4.81. The number of hydrogen-bond donors (Lipinski definition) is 1. The third-order valence-electron chi connectivity index (χ3n) is 3.58. The first kappa shape index (κ1) is 17.8. The Morgan fingerprint density at radius 2 is 1.96 bits per heavy atom. The minimum Gasteiger partial charge on any atom is -0.343 e. The molecule has 1 aromatic carbocycles. The van der Waals surface area contributed by atoms with Crippen LogP contribution in [0.25, 0.3) is 0 Å². The predicted molar refractivity (Wildman–Crippen MR) is 79.7 cm³/mol. The summed E-state index contributed by atoms with van der Waals surface area (Å²) in [6, 6.07) is 3.55. The van der Waals surface area contributed by atoms with E-state index in [1.54, 1.807) is 19.2 Å². The van der Waals surface area contributed by atoms with Gasteiger partial charge in [0.1, 0.15) is 13.1 Å². The van der Waals surface area contributed by atoms with Crippen LogP contribution in [-0.4, -0.2) is 48.6 Å². The quantitative estimate of drug-likeness (QED) is 0.851. The molecule has 9 heteroatoms. The summed E-state index contributed by atoms with van der Waals surface area (Å²) in [5.74, 6) is -1.38. The summed E-state index contributed by atoms with van der Waals surface area (Å²) in [6.45, 7) is 2.19. The largest absolute Gasteiger partial charge is 0.405 e. The molecule has 0 spiro atoms. The third kappa shape index (κ3) is 3.66. The van der Waals surface area contributed by atoms with Gasteiger partial charge in [-0.15, -0.1) is 0 Å². The van der Waals surface area contributed by atoms with Gasteiger partial charge in [-0.3, -0.25) is 9.59 Å². The van der Waals surface area contributed by atoms with Gasteiger partial charge in [0.25, 0.3) is 11.8 Å². The number of urea groups is 1. The molecule has 1 aliphatic heterocycles. The number of nitrogens with one attached hydrogen (secondary N) is 1. The van der Waals surface area contributed by atoms with Crippen molar-refractivity contribution in [2.75, 3.05) is 24.5 Å². The second-order valence-electron chi connectivity index (χ2n) is 5.33. The average molecular weight is 343 g/mol. The third-order valence-corrected chi connectivity index (χ3v) is 3.58. The summed E-state index contributed by atoms with van der Waals surface area (Å²) in [5.41, 5.74) is 0.693. The Bertz CT molecular complexity index is 688. The van der Waals surface area contributed by atoms with E-state index in [4.69, 9.17) is 0 Å². The predicted octanol–water partition coefficient (Wildman–Crippen LogP) is 2.08. The highest BCUT2D eigenvalue weighted by Gasteiger charge is 2.37. The highest BCUT2D eigenvalue weighted by Crippen LogP contribution is 2.26. The van der Waals surface area contributed by atoms with Crippen molar-refractivity contribution in [1.82, 2.24) is 10.2 Å². The molecule has 1 saturated heterocycles. The number of anilines is 1. The monoisotopic (exact) mass is 343 g/mol. The van der Waals surface area contributed by atoms with Gasteiger partial charge in [-0.2, -0.15) is 13.2 Å². The molecule has 2 rings (SSSR count). The summed E-state index contributed by atoms with van der Waals surface area (Å²) >= 11 is 0. The number of imide groups is 1. The van der Waals surface area contributed by atoms with Gasteiger partial charge in [-0.25, -0.2) is 9.69 Å². The Morgan fingerprint density at radius 3 is 2.50 bits per heavy atom. The molecule has 1 heterocycles. The van der Waals surface area contributed by atoms with Gasteiger partial charge in [0.05, 0.1) is 5.69 Å². The Morgan fingerprint density at radius 1 is 1.29 bits per heavy atom. The van der Waals surface area contributed by atoms with Gasteiger partial charge < -0.3 is 10.2 Å². The minimum atomic E-state index is -4.52. The van der Waals surface area contributed by atoms with Crippen molar-refractivity contribution in [3.8, 4) is 0 Å². The second kappa shape index (κ2) is 6.50. The average Bonchev–Trinajstić information content (AvgIpc) is 2.79. The van der Waals surface area contributed by atoms with Gasteiger partial charge >= 0.3 is 12.2 Å². The van der Waals surface area contributed by atoms with E-state index in [1.807, 2.05) is 0 Å². The van der Waals surface area contributed by atoms with E-state index < -0.39 is 30.6 Å². The lowest BCUT2D eigenvalue weighted by Crippen LogP contribution is -2.35. The molecule has 0 unspecified atom stereocenters. The molecule has 0 aromatic heterocycles. The van der Waals surface area contributed by atoms with Crippen LogP contribution in [0.2, 0.25) is 0 Å². The van der Waals surface area contributed by atoms with Crippen LogP contribution in [-0.2, 0) is 4.79 Å². The zero-order chi connectivity index (χ0) is 18.1. The zero-order valence-electron chi connectivity index (χ0n) is 13.1. The standard InChI is InChI=1S/C15H16F3N3O3/c1-3-20-7-12(22)21(14(20)24)11-6-10(5-4-9(11)2)13(23)19-8-15(16,17)18/h4-6H,3,7-8H2,1-2H3,(H,19,23). The topological polar surface area (TPSA) is 69.7 Å². The summed E-state index contributed by atoms with van der Waals surface area (Å²) in [4.78, 5) is 38.4. The molecule has 130 valence electrons. The lowest BCUT2D eigenvalue weighted by atomic mass is 10.1. The number of halogens is 3. The molecule has 0 aliphatic carbocycles. The van der Waals surface area contributed by atoms with Gasteiger partial charge in [0.15, 0.2) is 0 Å². The van der Waals surface area contributed by atoms with Crippen molar-refractivity contribution in [2.45, 2.75) is 20.0 Å². The van der Waals surface area contributed by atoms with Crippen LogP contribution in [0.4, 0.5) is 23.7 Å². The number of alkyl halides is 3. The highest BCUT2D eigenvalue weighted by molar-refractivity contribution is 6.20. The SMILES string of the molecule is CCN1CC(=O)N(c2cc(C(=O)NCC(F)(F)F)ccc2C)C1=O. The van der Waals surface area contributed by atoms with Gasteiger partial charge in [0.2, 0.25) is 0 Å². The van der Waals surface area contributed by atoms with E-state index in [0.29, 0.717) is 12.1 Å². The molecular formula is C15H16F3N3O3. The number of carbonyl (C=O) groups is 3. The zero-order valence-corrected chi connectivity index (χ0v) is 13.1. The maximum absolute atomic E-state index is 12.2. The van der Waals surface area contributed by atoms with Crippen molar-refractivity contribution < 1.29 is 27.6 Å². The molecule has 0 bridgehead atoms. The summed E-state index contributed by atoms with van der Waals surface area (Å²) in [5, 5.41) is 1.76. The molecule has 1 N–H and O–H groups in total. The first-order valence-electron chi connectivity index (χ1n) is 7.21. The lowest BCUT2D eigenvalue weighted by Gasteiger charge is -2.18. The number of benzene rings is 1. The fraction of sp³-hybridized carbons (Fsp3) is 0.400. The Hall–Kier alpha value is -2.58. The number of likely N-dealkylation sites (N-methyl/N-ethyl adjacent to an activating group) is 1. The van der Waals surface area contributed by atoms with E-state index in [-0.39, 0.29) is 17.8 Å². The molecule has 24 heavy (non-hydrogen) atoms. The van der Waals surface area contributed by atoms with E-state index >= 15 is 0 Å². The lowest BCUT2D eigenvalue weighted by molar-refractivity contribution is -0.123. The van der Waals surface area contributed by atoms with E-state index in [0.717, 1.165) is 4.90 Å². The van der Waals surface area contributed by atoms with Crippen molar-refractivity contribution in [3.05, 3.63) is 29.3 Å². The van der Waals surface area contributed by atoms with Crippen molar-refractivity contribution in [2.24, 2.45) is 0 Å². The van der Waals surface area contributed by atoms with Crippen LogP contribution < -0.4 is 10.2 Å². The second-order valence-corrected chi connectivity index (χ2v) is 5.33. The maximum Gasteiger partial charge on any atom is 0.405 e. The first-order chi connectivity index (χ1) is 11.1. The van der Waals surface area contributed by atoms with E-state index in [1.165, 1.54) is 23.1 Å². The Balaban J connectivity index is 2.28. The van der Waals surface area contributed by atoms with Gasteiger partial charge in [-0.05, 0) is 31.5 Å². The molecular weight excluding hydrogens is 327 g/mol. The fourth-order valence-corrected chi connectivity index (χ4v) is 2.31. The van der Waals surface area contributed by atoms with Crippen LogP contribution in [0.1, 0.15) is 22.8 Å². The first-order valence-corrected chi connectivity index (χ1v) is 7.21. The molecule has 1 aliphatic rings. The van der Waals surface area contributed by atoms with Crippen LogP contribution in [0.5, 0.6) is 0 Å². The molecule has 4 amide bonds. The Labute approximate surface area is 136 Å². The molecule has 1 aromatic rings. The summed E-state index contributed by atoms with van der Waals surface area (Å²) < 4.78 is 36.6. The number of hydrogen-bond acceptors (Lipinski definition) is 3. The highest BCUT2D eigenvalue weighted by atomic mass is 19.4. The van der Waals surface area contributed by atoms with Crippen LogP contribution >= 0.6 is 0 Å². The van der Waals surface area contributed by atoms with Crippen LogP contribution in [0, 0.1) is 6.92 Å². The number of carbonyl (C=O) groups excluding carboxylic acids is 3. The van der Waals surface area contributed by atoms with Gasteiger partial charge in [0, 0.05) is 12.1 Å². The van der Waals surface area contributed by atoms with E-state index in [2.05, 4.69) is 0 Å².